The Hall–Kier alpha value is -2.17. The molecule has 0 aliphatic carbocycles. The van der Waals surface area contributed by atoms with Gasteiger partial charge in [-0.05, 0) is 80.0 Å². The lowest BCUT2D eigenvalue weighted by molar-refractivity contribution is -0.121. The third kappa shape index (κ3) is 11.3. The van der Waals surface area contributed by atoms with Gasteiger partial charge in [0.15, 0.2) is 0 Å². The van der Waals surface area contributed by atoms with Crippen molar-refractivity contribution in [2.75, 3.05) is 13.1 Å². The molecule has 0 aromatic heterocycles. The Labute approximate surface area is 221 Å². The van der Waals surface area contributed by atoms with E-state index in [1.165, 1.54) is 6.92 Å². The summed E-state index contributed by atoms with van der Waals surface area (Å²) in [5.41, 5.74) is 0.585. The molecule has 0 saturated carbocycles. The molecular formula is C31H54N2O3. The van der Waals surface area contributed by atoms with Gasteiger partial charge in [0.05, 0.1) is 0 Å². The molecule has 0 spiro atoms. The van der Waals surface area contributed by atoms with Gasteiger partial charge in [0.2, 0.25) is 0 Å². The summed E-state index contributed by atoms with van der Waals surface area (Å²) >= 11 is 0. The first-order valence-corrected chi connectivity index (χ1v) is 13.6. The van der Waals surface area contributed by atoms with Crippen molar-refractivity contribution in [3.8, 4) is 0 Å². The van der Waals surface area contributed by atoms with E-state index in [9.17, 15) is 14.4 Å². The van der Waals surface area contributed by atoms with E-state index in [2.05, 4.69) is 66.0 Å². The molecule has 5 heteroatoms. The largest absolute Gasteiger partial charge is 0.352 e. The van der Waals surface area contributed by atoms with E-state index in [4.69, 9.17) is 0 Å². The van der Waals surface area contributed by atoms with E-state index in [1.807, 2.05) is 27.7 Å². The summed E-state index contributed by atoms with van der Waals surface area (Å²) in [6.07, 6.45) is 1.98. The first-order valence-electron chi connectivity index (χ1n) is 13.6. The van der Waals surface area contributed by atoms with Crippen LogP contribution in [0.15, 0.2) is 18.2 Å². The fourth-order valence-corrected chi connectivity index (χ4v) is 4.65. The van der Waals surface area contributed by atoms with Gasteiger partial charge in [0.25, 0.3) is 11.8 Å². The van der Waals surface area contributed by atoms with Gasteiger partial charge in [-0.3, -0.25) is 14.4 Å². The summed E-state index contributed by atoms with van der Waals surface area (Å²) in [5.74, 6) is 0.579. The van der Waals surface area contributed by atoms with Crippen LogP contribution in [0.1, 0.15) is 129 Å². The lowest BCUT2D eigenvalue weighted by Gasteiger charge is -2.28. The minimum atomic E-state index is -0.806. The molecule has 0 atom stereocenters. The molecule has 0 bridgehead atoms. The zero-order valence-corrected chi connectivity index (χ0v) is 25.4. The van der Waals surface area contributed by atoms with E-state index in [-0.39, 0.29) is 28.4 Å². The van der Waals surface area contributed by atoms with Crippen LogP contribution in [0.4, 0.5) is 0 Å². The minimum Gasteiger partial charge on any atom is -0.352 e. The molecule has 36 heavy (non-hydrogen) atoms. The van der Waals surface area contributed by atoms with Gasteiger partial charge < -0.3 is 10.6 Å². The molecule has 1 aromatic rings. The number of carbonyl (C=O) groups is 3. The Bertz CT molecular complexity index is 824. The van der Waals surface area contributed by atoms with Gasteiger partial charge in [-0.1, -0.05) is 69.2 Å². The molecular weight excluding hydrogens is 448 g/mol. The van der Waals surface area contributed by atoms with Crippen LogP contribution < -0.4 is 10.6 Å². The highest BCUT2D eigenvalue weighted by atomic mass is 16.2. The second-order valence-electron chi connectivity index (χ2n) is 12.9. The standard InChI is InChI=1S/C29H48N2O3.C2H6/c1-19(2)15-27(6,7)17-30-25(33)22-12-23(14-24(13-22)29(10,11)21(5)32)26(34)31-18-28(8,9)16-20(3)4;1-2/h12-14,19-20H,15-18H2,1-11H3,(H,30,33)(H,31,34);1-2H3. The number of hydrogen-bond donors (Lipinski definition) is 2. The quantitative estimate of drug-likeness (QED) is 0.318. The van der Waals surface area contributed by atoms with Gasteiger partial charge in [0.1, 0.15) is 5.78 Å². The van der Waals surface area contributed by atoms with E-state index >= 15 is 0 Å². The summed E-state index contributed by atoms with van der Waals surface area (Å²) in [6, 6.07) is 5.12. The number of hydrogen-bond acceptors (Lipinski definition) is 3. The van der Waals surface area contributed by atoms with Gasteiger partial charge in [-0.15, -0.1) is 0 Å². The molecule has 1 aromatic carbocycles. The number of nitrogens with one attached hydrogen (secondary N) is 2. The molecule has 0 unspecified atom stereocenters. The van der Waals surface area contributed by atoms with E-state index in [1.54, 1.807) is 18.2 Å². The minimum absolute atomic E-state index is 0.0208. The van der Waals surface area contributed by atoms with Crippen molar-refractivity contribution in [1.82, 2.24) is 10.6 Å². The molecule has 0 saturated heterocycles. The molecule has 0 fully saturated rings. The summed E-state index contributed by atoms with van der Waals surface area (Å²) in [5, 5.41) is 6.08. The maximum atomic E-state index is 13.1. The van der Waals surface area contributed by atoms with Gasteiger partial charge in [0, 0.05) is 29.6 Å². The van der Waals surface area contributed by atoms with Crippen LogP contribution in [-0.2, 0) is 10.2 Å². The van der Waals surface area contributed by atoms with Crippen molar-refractivity contribution in [1.29, 1.82) is 0 Å². The van der Waals surface area contributed by atoms with Gasteiger partial charge in [-0.2, -0.15) is 0 Å². The zero-order chi connectivity index (χ0) is 28.5. The average molecular weight is 503 g/mol. The first kappa shape index (κ1) is 33.8. The number of benzene rings is 1. The van der Waals surface area contributed by atoms with Crippen molar-refractivity contribution >= 4 is 17.6 Å². The predicted molar refractivity (Wildman–Crippen MR) is 153 cm³/mol. The third-order valence-corrected chi connectivity index (χ3v) is 6.44. The second-order valence-corrected chi connectivity index (χ2v) is 12.9. The lowest BCUT2D eigenvalue weighted by Crippen LogP contribution is -2.36. The SMILES string of the molecule is CC.CC(=O)C(C)(C)c1cc(C(=O)NCC(C)(C)CC(C)C)cc(C(=O)NCC(C)(C)CC(C)C)c1. The highest BCUT2D eigenvalue weighted by Crippen LogP contribution is 2.28. The van der Waals surface area contributed by atoms with Crippen LogP contribution >= 0.6 is 0 Å². The van der Waals surface area contributed by atoms with Crippen molar-refractivity contribution < 1.29 is 14.4 Å². The fraction of sp³-hybridized carbons (Fsp3) is 0.710. The van der Waals surface area contributed by atoms with E-state index in [0.717, 1.165) is 12.8 Å². The Balaban J connectivity index is 0.00000596. The molecule has 206 valence electrons. The number of ketones is 1. The fourth-order valence-electron chi connectivity index (χ4n) is 4.65. The molecule has 1 rings (SSSR count). The Morgan fingerprint density at radius 3 is 1.31 bits per heavy atom. The molecule has 0 aliphatic rings. The number of rotatable bonds is 12. The normalized spacial score (nSPS) is 12.2. The van der Waals surface area contributed by atoms with Gasteiger partial charge >= 0.3 is 0 Å². The summed E-state index contributed by atoms with van der Waals surface area (Å²) in [4.78, 5) is 38.6. The number of carbonyl (C=O) groups excluding carboxylic acids is 3. The van der Waals surface area contributed by atoms with Crippen LogP contribution in [0.5, 0.6) is 0 Å². The van der Waals surface area contributed by atoms with Crippen LogP contribution in [-0.4, -0.2) is 30.7 Å². The number of Topliss-reactive ketones (excluding diaryl/α,β-unsaturated/α-hetero) is 1. The highest BCUT2D eigenvalue weighted by Gasteiger charge is 2.29. The van der Waals surface area contributed by atoms with Crippen LogP contribution in [0, 0.1) is 22.7 Å². The highest BCUT2D eigenvalue weighted by molar-refractivity contribution is 6.01. The van der Waals surface area contributed by atoms with Crippen molar-refractivity contribution in [2.24, 2.45) is 22.7 Å². The Kier molecular flexibility index (Phi) is 13.1. The van der Waals surface area contributed by atoms with Crippen LogP contribution in [0.25, 0.3) is 0 Å². The molecule has 0 aliphatic heterocycles. The van der Waals surface area contributed by atoms with E-state index in [0.29, 0.717) is 41.6 Å². The van der Waals surface area contributed by atoms with Crippen molar-refractivity contribution in [2.45, 2.75) is 108 Å². The summed E-state index contributed by atoms with van der Waals surface area (Å²) < 4.78 is 0. The maximum absolute atomic E-state index is 13.1. The Morgan fingerprint density at radius 2 is 1.03 bits per heavy atom. The summed E-state index contributed by atoms with van der Waals surface area (Å²) in [7, 11) is 0. The van der Waals surface area contributed by atoms with Crippen molar-refractivity contribution in [3.63, 3.8) is 0 Å². The third-order valence-electron chi connectivity index (χ3n) is 6.44. The van der Waals surface area contributed by atoms with Gasteiger partial charge in [-0.25, -0.2) is 0 Å². The molecule has 0 radical (unpaired) electrons. The van der Waals surface area contributed by atoms with Crippen molar-refractivity contribution in [3.05, 3.63) is 34.9 Å². The molecule has 5 nitrogen and oxygen atoms in total. The smallest absolute Gasteiger partial charge is 0.251 e. The second kappa shape index (κ2) is 13.9. The lowest BCUT2D eigenvalue weighted by atomic mass is 9.79. The predicted octanol–water partition coefficient (Wildman–Crippen LogP) is 7.18. The first-order chi connectivity index (χ1) is 16.4. The van der Waals surface area contributed by atoms with Crippen LogP contribution in [0.3, 0.4) is 0 Å². The molecule has 0 heterocycles. The maximum Gasteiger partial charge on any atom is 0.251 e. The monoisotopic (exact) mass is 502 g/mol. The molecule has 2 amide bonds. The molecule has 2 N–H and O–H groups in total. The average Bonchev–Trinajstić information content (AvgIpc) is 2.75. The van der Waals surface area contributed by atoms with Crippen LogP contribution in [0.2, 0.25) is 0 Å². The number of amides is 2. The summed E-state index contributed by atoms with van der Waals surface area (Å²) in [6.45, 7) is 27.5. The zero-order valence-electron chi connectivity index (χ0n) is 25.4. The van der Waals surface area contributed by atoms with E-state index < -0.39 is 5.41 Å². The topological polar surface area (TPSA) is 75.3 Å². The Morgan fingerprint density at radius 1 is 0.694 bits per heavy atom.